The van der Waals surface area contributed by atoms with Gasteiger partial charge in [-0.05, 0) is 42.8 Å². The molecule has 0 aliphatic heterocycles. The van der Waals surface area contributed by atoms with Gasteiger partial charge in [-0.25, -0.2) is 4.98 Å². The quantitative estimate of drug-likeness (QED) is 0.482. The Balaban J connectivity index is 1.68. The average molecular weight is 459 g/mol. The van der Waals surface area contributed by atoms with Gasteiger partial charge in [-0.15, -0.1) is 0 Å². The zero-order valence-corrected chi connectivity index (χ0v) is 17.7. The van der Waals surface area contributed by atoms with Crippen LogP contribution in [0.3, 0.4) is 0 Å². The summed E-state index contributed by atoms with van der Waals surface area (Å²) in [5.41, 5.74) is 2.50. The van der Waals surface area contributed by atoms with Crippen molar-refractivity contribution in [3.8, 4) is 0 Å². The second-order valence-corrected chi connectivity index (χ2v) is 7.46. The highest BCUT2D eigenvalue weighted by Crippen LogP contribution is 2.18. The largest absolute Gasteiger partial charge is 0.375 e. The number of carbonyl (C=O) groups is 2. The van der Waals surface area contributed by atoms with E-state index < -0.39 is 0 Å². The molecule has 0 atom stereocenters. The summed E-state index contributed by atoms with van der Waals surface area (Å²) in [5, 5.41) is 5.72. The molecule has 3 rings (SSSR count). The summed E-state index contributed by atoms with van der Waals surface area (Å²) in [5.74, 6) is 0.554. The van der Waals surface area contributed by atoms with Gasteiger partial charge in [0.25, 0.3) is 0 Å². The van der Waals surface area contributed by atoms with Crippen LogP contribution in [0.2, 0.25) is 0 Å². The van der Waals surface area contributed by atoms with Gasteiger partial charge in [0.2, 0.25) is 11.8 Å². The molecule has 0 aliphatic carbocycles. The zero-order valence-electron chi connectivity index (χ0n) is 16.2. The molecule has 0 radical (unpaired) electrons. The molecule has 152 valence electrons. The molecule has 29 heavy (non-hydrogen) atoms. The highest BCUT2D eigenvalue weighted by Gasteiger charge is 2.14. The minimum atomic E-state index is -0.144. The number of imidazole rings is 1. The fraction of sp³-hybridized carbons (Fsp3) is 0.286. The number of halogens is 1. The van der Waals surface area contributed by atoms with E-state index in [4.69, 9.17) is 4.74 Å². The summed E-state index contributed by atoms with van der Waals surface area (Å²) < 4.78 is 7.69. The summed E-state index contributed by atoms with van der Waals surface area (Å²) in [6.45, 7) is 0.743. The smallest absolute Gasteiger partial charge is 0.245 e. The molecule has 0 bridgehead atoms. The minimum absolute atomic E-state index is 0.0503. The van der Waals surface area contributed by atoms with E-state index in [1.807, 2.05) is 53.1 Å². The molecule has 1 heterocycles. The van der Waals surface area contributed by atoms with E-state index in [1.54, 1.807) is 0 Å². The SMILES string of the molecule is COCC(=O)NCCCc1nc2ccccc2n1CC(=O)Nc1ccc(Br)cc1. The molecule has 7 nitrogen and oxygen atoms in total. The van der Waals surface area contributed by atoms with Gasteiger partial charge in [-0.2, -0.15) is 0 Å². The van der Waals surface area contributed by atoms with E-state index in [9.17, 15) is 9.59 Å². The number of ether oxygens (including phenoxy) is 1. The fourth-order valence-electron chi connectivity index (χ4n) is 3.03. The van der Waals surface area contributed by atoms with Gasteiger partial charge in [0, 0.05) is 30.2 Å². The molecule has 2 N–H and O–H groups in total. The van der Waals surface area contributed by atoms with Crippen LogP contribution in [-0.4, -0.2) is 41.6 Å². The molecular weight excluding hydrogens is 436 g/mol. The summed E-state index contributed by atoms with van der Waals surface area (Å²) in [4.78, 5) is 28.8. The van der Waals surface area contributed by atoms with E-state index in [2.05, 4.69) is 31.5 Å². The Kier molecular flexibility index (Phi) is 7.37. The van der Waals surface area contributed by atoms with E-state index >= 15 is 0 Å². The molecule has 2 aromatic carbocycles. The molecule has 0 fully saturated rings. The minimum Gasteiger partial charge on any atom is -0.375 e. The molecule has 0 saturated carbocycles. The third-order valence-corrected chi connectivity index (χ3v) is 4.87. The third-order valence-electron chi connectivity index (χ3n) is 4.34. The van der Waals surface area contributed by atoms with Crippen LogP contribution in [-0.2, 0) is 27.3 Å². The predicted molar refractivity (Wildman–Crippen MR) is 116 cm³/mol. The number of benzene rings is 2. The van der Waals surface area contributed by atoms with Crippen LogP contribution in [0.1, 0.15) is 12.2 Å². The first-order valence-electron chi connectivity index (χ1n) is 9.32. The Bertz CT molecular complexity index is 985. The van der Waals surface area contributed by atoms with E-state index in [-0.39, 0.29) is 25.0 Å². The molecule has 0 spiro atoms. The third kappa shape index (κ3) is 5.88. The highest BCUT2D eigenvalue weighted by molar-refractivity contribution is 9.10. The zero-order chi connectivity index (χ0) is 20.6. The van der Waals surface area contributed by atoms with Crippen molar-refractivity contribution in [1.82, 2.24) is 14.9 Å². The highest BCUT2D eigenvalue weighted by atomic mass is 79.9. The second-order valence-electron chi connectivity index (χ2n) is 6.54. The number of nitrogens with zero attached hydrogens (tertiary/aromatic N) is 2. The van der Waals surface area contributed by atoms with Crippen LogP contribution in [0.4, 0.5) is 5.69 Å². The van der Waals surface area contributed by atoms with Gasteiger partial charge >= 0.3 is 0 Å². The first kappa shape index (κ1) is 21.0. The first-order chi connectivity index (χ1) is 14.1. The van der Waals surface area contributed by atoms with Gasteiger partial charge < -0.3 is 19.9 Å². The summed E-state index contributed by atoms with van der Waals surface area (Å²) in [6.07, 6.45) is 1.36. The van der Waals surface area contributed by atoms with Gasteiger partial charge in [0.1, 0.15) is 19.0 Å². The normalized spacial score (nSPS) is 10.8. The van der Waals surface area contributed by atoms with Crippen LogP contribution < -0.4 is 10.6 Å². The van der Waals surface area contributed by atoms with Crippen LogP contribution in [0.15, 0.2) is 53.0 Å². The Hall–Kier alpha value is -2.71. The standard InChI is InChI=1S/C21H23BrN4O3/c1-29-14-21(28)23-12-4-7-19-25-17-5-2-3-6-18(17)26(19)13-20(27)24-16-10-8-15(22)9-11-16/h2-3,5-6,8-11H,4,7,12-14H2,1H3,(H,23,28)(H,24,27). The number of para-hydroxylation sites is 2. The van der Waals surface area contributed by atoms with Crippen LogP contribution in [0, 0.1) is 0 Å². The van der Waals surface area contributed by atoms with Crippen molar-refractivity contribution in [3.05, 3.63) is 58.8 Å². The fourth-order valence-corrected chi connectivity index (χ4v) is 3.29. The number of carbonyl (C=O) groups excluding carboxylic acids is 2. The van der Waals surface area contributed by atoms with Crippen LogP contribution in [0.25, 0.3) is 11.0 Å². The number of hydrogen-bond donors (Lipinski definition) is 2. The van der Waals surface area contributed by atoms with Crippen LogP contribution >= 0.6 is 15.9 Å². The Labute approximate surface area is 177 Å². The number of methoxy groups -OCH3 is 1. The number of anilines is 1. The van der Waals surface area contributed by atoms with Crippen molar-refractivity contribution in [2.24, 2.45) is 0 Å². The lowest BCUT2D eigenvalue weighted by Gasteiger charge is -2.11. The van der Waals surface area contributed by atoms with Crippen molar-refractivity contribution in [3.63, 3.8) is 0 Å². The Morgan fingerprint density at radius 2 is 1.86 bits per heavy atom. The van der Waals surface area contributed by atoms with Gasteiger partial charge in [-0.1, -0.05) is 28.1 Å². The number of nitrogens with one attached hydrogen (secondary N) is 2. The van der Waals surface area contributed by atoms with Crippen LogP contribution in [0.5, 0.6) is 0 Å². The molecular formula is C21H23BrN4O3. The van der Waals surface area contributed by atoms with Gasteiger partial charge in [-0.3, -0.25) is 9.59 Å². The van der Waals surface area contributed by atoms with Gasteiger partial charge in [0.05, 0.1) is 11.0 Å². The first-order valence-corrected chi connectivity index (χ1v) is 10.1. The lowest BCUT2D eigenvalue weighted by molar-refractivity contribution is -0.124. The molecule has 1 aromatic heterocycles. The Morgan fingerprint density at radius 3 is 2.62 bits per heavy atom. The number of rotatable bonds is 9. The van der Waals surface area contributed by atoms with Crippen molar-refractivity contribution in [2.45, 2.75) is 19.4 Å². The molecule has 0 unspecified atom stereocenters. The maximum absolute atomic E-state index is 12.6. The number of aryl methyl sites for hydroxylation is 1. The van der Waals surface area contributed by atoms with Gasteiger partial charge in [0.15, 0.2) is 0 Å². The lowest BCUT2D eigenvalue weighted by atomic mass is 10.3. The Morgan fingerprint density at radius 1 is 1.10 bits per heavy atom. The summed E-state index contributed by atoms with van der Waals surface area (Å²) in [7, 11) is 1.49. The number of hydrogen-bond acceptors (Lipinski definition) is 4. The van der Waals surface area contributed by atoms with Crippen molar-refractivity contribution in [2.75, 3.05) is 25.6 Å². The molecule has 2 amide bonds. The number of aromatic nitrogens is 2. The summed E-state index contributed by atoms with van der Waals surface area (Å²) >= 11 is 3.39. The van der Waals surface area contributed by atoms with Crippen molar-refractivity contribution >= 4 is 44.5 Å². The van der Waals surface area contributed by atoms with E-state index in [0.29, 0.717) is 19.4 Å². The van der Waals surface area contributed by atoms with E-state index in [1.165, 1.54) is 7.11 Å². The maximum atomic E-state index is 12.6. The molecule has 8 heteroatoms. The number of fused-ring (bicyclic) bond motifs is 1. The molecule has 0 saturated heterocycles. The molecule has 0 aliphatic rings. The van der Waals surface area contributed by atoms with Crippen molar-refractivity contribution < 1.29 is 14.3 Å². The average Bonchev–Trinajstić information content (AvgIpc) is 3.05. The summed E-state index contributed by atoms with van der Waals surface area (Å²) in [6, 6.07) is 15.2. The monoisotopic (exact) mass is 458 g/mol. The molecule has 3 aromatic rings. The van der Waals surface area contributed by atoms with E-state index in [0.717, 1.165) is 27.0 Å². The maximum Gasteiger partial charge on any atom is 0.245 e. The predicted octanol–water partition coefficient (Wildman–Crippen LogP) is 3.13. The van der Waals surface area contributed by atoms with Crippen molar-refractivity contribution in [1.29, 1.82) is 0 Å². The second kappa shape index (κ2) is 10.2. The topological polar surface area (TPSA) is 85.2 Å². The lowest BCUT2D eigenvalue weighted by Crippen LogP contribution is -2.28. The number of amides is 2.